The van der Waals surface area contributed by atoms with E-state index in [1.54, 1.807) is 0 Å². The largest absolute Gasteiger partial charge is 0.338 e. The van der Waals surface area contributed by atoms with E-state index in [9.17, 15) is 9.59 Å². The lowest BCUT2D eigenvalue weighted by molar-refractivity contribution is -0.138. The molecule has 4 heteroatoms. The zero-order valence-electron chi connectivity index (χ0n) is 17.5. The summed E-state index contributed by atoms with van der Waals surface area (Å²) in [5.74, 6) is 0.502. The highest BCUT2D eigenvalue weighted by molar-refractivity contribution is 5.98. The molecular weight excluding hydrogens is 348 g/mol. The molecule has 0 aromatic heterocycles. The van der Waals surface area contributed by atoms with Gasteiger partial charge in [-0.3, -0.25) is 9.59 Å². The number of carbonyl (C=O) groups is 2. The predicted octanol–water partition coefficient (Wildman–Crippen LogP) is 3.86. The lowest BCUT2D eigenvalue weighted by Gasteiger charge is -2.48. The molecule has 0 N–H and O–H groups in total. The molecule has 1 aromatic rings. The lowest BCUT2D eigenvalue weighted by Crippen LogP contribution is -2.57. The molecule has 1 atom stereocenters. The molecule has 0 bridgehead atoms. The smallest absolute Gasteiger partial charge is 0.227 e. The van der Waals surface area contributed by atoms with Crippen molar-refractivity contribution < 1.29 is 9.59 Å². The number of hydrogen-bond donors (Lipinski definition) is 0. The van der Waals surface area contributed by atoms with Gasteiger partial charge in [-0.05, 0) is 68.2 Å². The second-order valence-electron chi connectivity index (χ2n) is 9.65. The SMILES string of the molecule is CC1(C)CCCN(C(=O)Cc2ccc3c(c2)CCCC3=O)C1CN1CCCC1. The zero-order valence-corrected chi connectivity index (χ0v) is 17.5. The maximum absolute atomic E-state index is 13.3. The molecule has 1 amide bonds. The van der Waals surface area contributed by atoms with E-state index in [-0.39, 0.29) is 17.1 Å². The van der Waals surface area contributed by atoms with Crippen LogP contribution in [0.15, 0.2) is 18.2 Å². The lowest BCUT2D eigenvalue weighted by atomic mass is 9.76. The minimum atomic E-state index is 0.165. The van der Waals surface area contributed by atoms with Crippen molar-refractivity contribution in [3.05, 3.63) is 34.9 Å². The second-order valence-corrected chi connectivity index (χ2v) is 9.65. The van der Waals surface area contributed by atoms with Crippen LogP contribution in [0.5, 0.6) is 0 Å². The van der Waals surface area contributed by atoms with Crippen LogP contribution in [0.4, 0.5) is 0 Å². The highest BCUT2D eigenvalue weighted by Gasteiger charge is 2.40. The van der Waals surface area contributed by atoms with Crippen LogP contribution in [-0.2, 0) is 17.6 Å². The molecule has 2 aliphatic heterocycles. The molecule has 2 saturated heterocycles. The third-order valence-electron chi connectivity index (χ3n) is 7.12. The van der Waals surface area contributed by atoms with Crippen LogP contribution in [0, 0.1) is 5.41 Å². The summed E-state index contributed by atoms with van der Waals surface area (Å²) in [6, 6.07) is 6.34. The average molecular weight is 383 g/mol. The quantitative estimate of drug-likeness (QED) is 0.794. The molecule has 4 nitrogen and oxygen atoms in total. The van der Waals surface area contributed by atoms with Gasteiger partial charge in [-0.1, -0.05) is 32.0 Å². The number of piperidine rings is 1. The van der Waals surface area contributed by atoms with Gasteiger partial charge >= 0.3 is 0 Å². The van der Waals surface area contributed by atoms with Crippen molar-refractivity contribution in [2.45, 2.75) is 71.3 Å². The highest BCUT2D eigenvalue weighted by Crippen LogP contribution is 2.36. The van der Waals surface area contributed by atoms with Crippen molar-refractivity contribution in [3.8, 4) is 0 Å². The Labute approximate surface area is 169 Å². The highest BCUT2D eigenvalue weighted by atomic mass is 16.2. The van der Waals surface area contributed by atoms with Crippen LogP contribution in [0.1, 0.15) is 73.9 Å². The third kappa shape index (κ3) is 4.03. The van der Waals surface area contributed by atoms with Gasteiger partial charge in [0, 0.05) is 31.1 Å². The summed E-state index contributed by atoms with van der Waals surface area (Å²) in [6.07, 6.45) is 7.85. The maximum Gasteiger partial charge on any atom is 0.227 e. The molecule has 0 radical (unpaired) electrons. The molecule has 2 fully saturated rings. The summed E-state index contributed by atoms with van der Waals surface area (Å²) >= 11 is 0. The Morgan fingerprint density at radius 2 is 1.86 bits per heavy atom. The molecule has 152 valence electrons. The minimum Gasteiger partial charge on any atom is -0.338 e. The van der Waals surface area contributed by atoms with Crippen molar-refractivity contribution in [2.75, 3.05) is 26.2 Å². The van der Waals surface area contributed by atoms with Crippen molar-refractivity contribution in [2.24, 2.45) is 5.41 Å². The Hall–Kier alpha value is -1.68. The number of Topliss-reactive ketones (excluding diaryl/α,β-unsaturated/α-hetero) is 1. The number of carbonyl (C=O) groups excluding carboxylic acids is 2. The number of hydrogen-bond acceptors (Lipinski definition) is 3. The third-order valence-corrected chi connectivity index (χ3v) is 7.12. The molecular formula is C24H34N2O2. The van der Waals surface area contributed by atoms with E-state index in [0.717, 1.165) is 49.0 Å². The van der Waals surface area contributed by atoms with Crippen molar-refractivity contribution in [1.82, 2.24) is 9.80 Å². The van der Waals surface area contributed by atoms with Gasteiger partial charge in [0.25, 0.3) is 0 Å². The summed E-state index contributed by atoms with van der Waals surface area (Å²) in [6.45, 7) is 8.90. The van der Waals surface area contributed by atoms with E-state index in [0.29, 0.717) is 18.9 Å². The number of nitrogens with zero attached hydrogens (tertiary/aromatic N) is 2. The van der Waals surface area contributed by atoms with E-state index in [1.807, 2.05) is 12.1 Å². The first-order valence-corrected chi connectivity index (χ1v) is 11.1. The molecule has 2 heterocycles. The first kappa shape index (κ1) is 19.6. The fourth-order valence-corrected chi connectivity index (χ4v) is 5.39. The van der Waals surface area contributed by atoms with Crippen molar-refractivity contribution in [1.29, 1.82) is 0 Å². The van der Waals surface area contributed by atoms with Gasteiger partial charge in [-0.15, -0.1) is 0 Å². The van der Waals surface area contributed by atoms with Gasteiger partial charge in [0.15, 0.2) is 5.78 Å². The summed E-state index contributed by atoms with van der Waals surface area (Å²) in [5.41, 5.74) is 3.23. The Bertz CT molecular complexity index is 749. The van der Waals surface area contributed by atoms with Gasteiger partial charge in [0.1, 0.15) is 0 Å². The zero-order chi connectivity index (χ0) is 19.7. The number of rotatable bonds is 4. The summed E-state index contributed by atoms with van der Waals surface area (Å²) in [7, 11) is 0. The number of benzene rings is 1. The van der Waals surface area contributed by atoms with Gasteiger partial charge in [-0.2, -0.15) is 0 Å². The fourth-order valence-electron chi connectivity index (χ4n) is 5.39. The van der Waals surface area contributed by atoms with Crippen LogP contribution in [-0.4, -0.2) is 53.7 Å². The number of aryl methyl sites for hydroxylation is 1. The Morgan fingerprint density at radius 3 is 2.64 bits per heavy atom. The first-order chi connectivity index (χ1) is 13.4. The Morgan fingerprint density at radius 1 is 1.07 bits per heavy atom. The standard InChI is InChI=1S/C24H34N2O2/c1-24(2)11-6-14-26(22(24)17-25-12-3-4-13-25)23(28)16-18-9-10-20-19(15-18)7-5-8-21(20)27/h9-10,15,22H,3-8,11-14,16-17H2,1-2H3. The van der Waals surface area contributed by atoms with E-state index in [2.05, 4.69) is 29.7 Å². The maximum atomic E-state index is 13.3. The summed E-state index contributed by atoms with van der Waals surface area (Å²) in [5, 5.41) is 0. The summed E-state index contributed by atoms with van der Waals surface area (Å²) in [4.78, 5) is 30.1. The van der Waals surface area contributed by atoms with Crippen LogP contribution in [0.2, 0.25) is 0 Å². The van der Waals surface area contributed by atoms with Crippen LogP contribution in [0.3, 0.4) is 0 Å². The first-order valence-electron chi connectivity index (χ1n) is 11.1. The molecule has 1 unspecified atom stereocenters. The average Bonchev–Trinajstić information content (AvgIpc) is 3.16. The van der Waals surface area contributed by atoms with E-state index >= 15 is 0 Å². The number of amides is 1. The Kier molecular flexibility index (Phi) is 5.59. The monoisotopic (exact) mass is 382 g/mol. The minimum absolute atomic E-state index is 0.165. The molecule has 0 saturated carbocycles. The van der Waals surface area contributed by atoms with Crippen LogP contribution >= 0.6 is 0 Å². The molecule has 1 aliphatic carbocycles. The van der Waals surface area contributed by atoms with Crippen LogP contribution < -0.4 is 0 Å². The van der Waals surface area contributed by atoms with E-state index in [4.69, 9.17) is 0 Å². The summed E-state index contributed by atoms with van der Waals surface area (Å²) < 4.78 is 0. The van der Waals surface area contributed by atoms with Gasteiger partial charge < -0.3 is 9.80 Å². The molecule has 4 rings (SSSR count). The number of fused-ring (bicyclic) bond motifs is 1. The van der Waals surface area contributed by atoms with Crippen molar-refractivity contribution in [3.63, 3.8) is 0 Å². The normalized spacial score (nSPS) is 25.0. The molecule has 0 spiro atoms. The Balaban J connectivity index is 1.49. The molecule has 28 heavy (non-hydrogen) atoms. The number of ketones is 1. The number of likely N-dealkylation sites (tertiary alicyclic amines) is 2. The topological polar surface area (TPSA) is 40.6 Å². The van der Waals surface area contributed by atoms with Gasteiger partial charge in [0.05, 0.1) is 6.42 Å². The fraction of sp³-hybridized carbons (Fsp3) is 0.667. The van der Waals surface area contributed by atoms with E-state index < -0.39 is 0 Å². The van der Waals surface area contributed by atoms with E-state index in [1.165, 1.54) is 32.4 Å². The molecule has 3 aliphatic rings. The van der Waals surface area contributed by atoms with Crippen molar-refractivity contribution >= 4 is 11.7 Å². The predicted molar refractivity (Wildman–Crippen MR) is 112 cm³/mol. The van der Waals surface area contributed by atoms with Gasteiger partial charge in [-0.25, -0.2) is 0 Å². The molecule has 1 aromatic carbocycles. The van der Waals surface area contributed by atoms with Crippen LogP contribution in [0.25, 0.3) is 0 Å². The second kappa shape index (κ2) is 7.98. The van der Waals surface area contributed by atoms with Gasteiger partial charge in [0.2, 0.25) is 5.91 Å².